The molecule has 1 amide bonds. The molecule has 0 radical (unpaired) electrons. The Hall–Kier alpha value is -4.20. The van der Waals surface area contributed by atoms with Gasteiger partial charge in [0.1, 0.15) is 17.2 Å². The van der Waals surface area contributed by atoms with E-state index in [1.54, 1.807) is 30.6 Å². The zero-order valence-electron chi connectivity index (χ0n) is 14.9. The third kappa shape index (κ3) is 2.96. The summed E-state index contributed by atoms with van der Waals surface area (Å²) < 4.78 is 14.7. The number of rotatable bonds is 3. The number of carbonyl (C=O) groups is 1. The van der Waals surface area contributed by atoms with Crippen LogP contribution in [0.5, 0.6) is 0 Å². The molecule has 3 heterocycles. The number of nitrogens with one attached hydrogen (secondary N) is 3. The second-order valence-electron chi connectivity index (χ2n) is 6.56. The molecule has 0 unspecified atom stereocenters. The lowest BCUT2D eigenvalue weighted by Crippen LogP contribution is -2.17. The molecule has 3 aromatic heterocycles. The van der Waals surface area contributed by atoms with Crippen molar-refractivity contribution >= 4 is 33.7 Å². The molecule has 0 spiro atoms. The van der Waals surface area contributed by atoms with Crippen LogP contribution in [0.25, 0.3) is 27.8 Å². The average molecular weight is 387 g/mol. The van der Waals surface area contributed by atoms with Crippen LogP contribution in [-0.2, 0) is 0 Å². The number of anilines is 1. The minimum Gasteiger partial charge on any atom is -0.345 e. The monoisotopic (exact) mass is 387 g/mol. The van der Waals surface area contributed by atoms with Crippen LogP contribution in [0.15, 0.2) is 71.8 Å². The number of hydrogen-bond donors (Lipinski definition) is 3. The van der Waals surface area contributed by atoms with E-state index in [2.05, 4.69) is 20.3 Å². The number of hydrogen-bond acceptors (Lipinski definition) is 3. The van der Waals surface area contributed by atoms with Gasteiger partial charge < -0.3 is 15.3 Å². The third-order valence-corrected chi connectivity index (χ3v) is 4.68. The maximum atomic E-state index is 13.3. The van der Waals surface area contributed by atoms with Crippen LogP contribution < -0.4 is 10.9 Å². The van der Waals surface area contributed by atoms with Gasteiger partial charge in [0.25, 0.3) is 11.5 Å². The topological polar surface area (TPSA) is 95.6 Å². The van der Waals surface area contributed by atoms with Crippen LogP contribution in [0.1, 0.15) is 10.5 Å². The first-order valence-corrected chi connectivity index (χ1v) is 8.84. The number of aromatic nitrogens is 4. The molecule has 0 aliphatic carbocycles. The van der Waals surface area contributed by atoms with Crippen LogP contribution in [0.4, 0.5) is 10.1 Å². The number of imidazole rings is 1. The van der Waals surface area contributed by atoms with Gasteiger partial charge in [-0.3, -0.25) is 14.2 Å². The molecule has 0 aliphatic rings. The normalized spacial score (nSPS) is 11.2. The van der Waals surface area contributed by atoms with Gasteiger partial charge in [-0.25, -0.2) is 9.37 Å². The molecular formula is C21H14FN5O2. The molecule has 142 valence electrons. The lowest BCUT2D eigenvalue weighted by Gasteiger charge is -2.07. The Labute approximate surface area is 162 Å². The highest BCUT2D eigenvalue weighted by Crippen LogP contribution is 2.20. The summed E-state index contributed by atoms with van der Waals surface area (Å²) in [4.78, 5) is 35.3. The van der Waals surface area contributed by atoms with E-state index in [1.165, 1.54) is 34.9 Å². The zero-order chi connectivity index (χ0) is 20.0. The predicted molar refractivity (Wildman–Crippen MR) is 108 cm³/mol. The number of nitrogens with zero attached hydrogens (tertiary/aromatic N) is 2. The van der Waals surface area contributed by atoms with Gasteiger partial charge in [0.15, 0.2) is 0 Å². The van der Waals surface area contributed by atoms with Gasteiger partial charge in [0, 0.05) is 17.1 Å². The molecule has 5 aromatic rings. The first kappa shape index (κ1) is 16.9. The highest BCUT2D eigenvalue weighted by atomic mass is 19.1. The van der Waals surface area contributed by atoms with Gasteiger partial charge >= 0.3 is 0 Å². The third-order valence-electron chi connectivity index (χ3n) is 4.68. The van der Waals surface area contributed by atoms with Gasteiger partial charge in [-0.05, 0) is 54.6 Å². The largest absolute Gasteiger partial charge is 0.345 e. The van der Waals surface area contributed by atoms with E-state index in [0.29, 0.717) is 28.1 Å². The van der Waals surface area contributed by atoms with Crippen molar-refractivity contribution in [3.05, 3.63) is 88.9 Å². The molecule has 3 N–H and O–H groups in total. The summed E-state index contributed by atoms with van der Waals surface area (Å²) in [7, 11) is 0. The molecule has 5 rings (SSSR count). The molecule has 29 heavy (non-hydrogen) atoms. The lowest BCUT2D eigenvalue weighted by molar-refractivity contribution is 0.102. The van der Waals surface area contributed by atoms with E-state index < -0.39 is 5.82 Å². The number of benzene rings is 2. The van der Waals surface area contributed by atoms with Crippen LogP contribution in [-0.4, -0.2) is 25.4 Å². The summed E-state index contributed by atoms with van der Waals surface area (Å²) in [5.74, 6) is -0.747. The fourth-order valence-corrected chi connectivity index (χ4v) is 3.29. The van der Waals surface area contributed by atoms with Crippen LogP contribution in [0, 0.1) is 5.82 Å². The maximum Gasteiger partial charge on any atom is 0.272 e. The van der Waals surface area contributed by atoms with E-state index in [0.717, 1.165) is 11.0 Å². The Morgan fingerprint density at radius 1 is 1.03 bits per heavy atom. The molecule has 0 saturated carbocycles. The number of aromatic amines is 2. The Morgan fingerprint density at radius 3 is 2.69 bits per heavy atom. The molecule has 2 aromatic carbocycles. The number of H-pyrrole nitrogens is 2. The maximum absolute atomic E-state index is 13.3. The van der Waals surface area contributed by atoms with Crippen molar-refractivity contribution in [2.24, 2.45) is 0 Å². The van der Waals surface area contributed by atoms with E-state index >= 15 is 0 Å². The Kier molecular flexibility index (Phi) is 3.77. The second-order valence-corrected chi connectivity index (χ2v) is 6.56. The summed E-state index contributed by atoms with van der Waals surface area (Å²) in [6, 6.07) is 15.7. The fourth-order valence-electron chi connectivity index (χ4n) is 3.29. The van der Waals surface area contributed by atoms with E-state index in [1.807, 2.05) is 6.07 Å². The predicted octanol–water partition coefficient (Wildman–Crippen LogP) is 3.59. The van der Waals surface area contributed by atoms with Crippen molar-refractivity contribution in [2.75, 3.05) is 5.32 Å². The quantitative estimate of drug-likeness (QED) is 0.441. The number of amides is 1. The van der Waals surface area contributed by atoms with Crippen molar-refractivity contribution in [3.8, 4) is 5.69 Å². The summed E-state index contributed by atoms with van der Waals surface area (Å²) in [6.45, 7) is 0. The van der Waals surface area contributed by atoms with Crippen molar-refractivity contribution < 1.29 is 9.18 Å². The summed E-state index contributed by atoms with van der Waals surface area (Å²) in [5, 5.41) is 3.50. The first-order valence-electron chi connectivity index (χ1n) is 8.84. The number of halogens is 1. The number of pyridine rings is 1. The summed E-state index contributed by atoms with van der Waals surface area (Å²) >= 11 is 0. The SMILES string of the molecule is O=C(Nc1ccc2[nH]cnc2c1)c1cc2ccc(=O)n(-c3ccc(F)cc3)c2[nH]1. The molecule has 0 bridgehead atoms. The second kappa shape index (κ2) is 6.45. The fraction of sp³-hybridized carbons (Fsp3) is 0. The van der Waals surface area contributed by atoms with Crippen LogP contribution >= 0.6 is 0 Å². The smallest absolute Gasteiger partial charge is 0.272 e. The minimum atomic E-state index is -0.394. The van der Waals surface area contributed by atoms with Gasteiger partial charge in [0.2, 0.25) is 0 Å². The van der Waals surface area contributed by atoms with Crippen molar-refractivity contribution in [3.63, 3.8) is 0 Å². The Bertz CT molecular complexity index is 1430. The van der Waals surface area contributed by atoms with Gasteiger partial charge in [0.05, 0.1) is 23.0 Å². The van der Waals surface area contributed by atoms with Gasteiger partial charge in [-0.15, -0.1) is 0 Å². The molecule has 7 nitrogen and oxygen atoms in total. The summed E-state index contributed by atoms with van der Waals surface area (Å²) in [6.07, 6.45) is 1.59. The van der Waals surface area contributed by atoms with E-state index in [4.69, 9.17) is 0 Å². The van der Waals surface area contributed by atoms with Gasteiger partial charge in [-0.1, -0.05) is 0 Å². The zero-order valence-corrected chi connectivity index (χ0v) is 14.9. The molecule has 0 fully saturated rings. The van der Waals surface area contributed by atoms with Crippen molar-refractivity contribution in [2.45, 2.75) is 0 Å². The first-order chi connectivity index (χ1) is 14.1. The molecular weight excluding hydrogens is 373 g/mol. The van der Waals surface area contributed by atoms with Gasteiger partial charge in [-0.2, -0.15) is 0 Å². The molecule has 8 heteroatoms. The average Bonchev–Trinajstić information content (AvgIpc) is 3.35. The Morgan fingerprint density at radius 2 is 1.86 bits per heavy atom. The van der Waals surface area contributed by atoms with Crippen molar-refractivity contribution in [1.29, 1.82) is 0 Å². The minimum absolute atomic E-state index is 0.290. The molecule has 0 aliphatic heterocycles. The molecule has 0 atom stereocenters. The summed E-state index contributed by atoms with van der Waals surface area (Å²) in [5.41, 5.74) is 3.17. The Balaban J connectivity index is 1.53. The standard InChI is InChI=1S/C21H14FN5O2/c22-13-2-5-15(6-3-13)27-19(28)8-1-12-9-18(26-20(12)27)21(29)25-14-4-7-16-17(10-14)24-11-23-16/h1-11,26H,(H,23,24)(H,25,29). The lowest BCUT2D eigenvalue weighted by atomic mass is 10.2. The van der Waals surface area contributed by atoms with E-state index in [-0.39, 0.29) is 11.5 Å². The molecule has 0 saturated heterocycles. The van der Waals surface area contributed by atoms with Crippen LogP contribution in [0.3, 0.4) is 0 Å². The highest BCUT2D eigenvalue weighted by molar-refractivity contribution is 6.06. The van der Waals surface area contributed by atoms with Crippen molar-refractivity contribution in [1.82, 2.24) is 19.5 Å². The highest BCUT2D eigenvalue weighted by Gasteiger charge is 2.14. The number of fused-ring (bicyclic) bond motifs is 2. The van der Waals surface area contributed by atoms with Crippen LogP contribution in [0.2, 0.25) is 0 Å². The number of carbonyl (C=O) groups excluding carboxylic acids is 1. The van der Waals surface area contributed by atoms with E-state index in [9.17, 15) is 14.0 Å².